The third kappa shape index (κ3) is 4.81. The topological polar surface area (TPSA) is 81.9 Å². The van der Waals surface area contributed by atoms with E-state index >= 15 is 0 Å². The Bertz CT molecular complexity index is 1250. The number of urea groups is 1. The second-order valence-corrected chi connectivity index (χ2v) is 11.4. The molecule has 1 N–H and O–H groups in total. The largest absolute Gasteiger partial charge is 0.366 e. The van der Waals surface area contributed by atoms with Crippen LogP contribution in [-0.2, 0) is 0 Å². The molecular weight excluding hydrogens is 494 g/mol. The number of amides is 2. The zero-order valence-corrected chi connectivity index (χ0v) is 21.7. The van der Waals surface area contributed by atoms with Gasteiger partial charge in [0.2, 0.25) is 0 Å². The number of fused-ring (bicyclic) bond motifs is 1. The molecule has 9 nitrogen and oxygen atoms in total. The number of aryl methyl sites for hydroxylation is 1. The number of carbonyl (C=O) groups is 1. The van der Waals surface area contributed by atoms with E-state index in [0.29, 0.717) is 37.0 Å². The number of pyridine rings is 1. The van der Waals surface area contributed by atoms with Crippen LogP contribution in [0.1, 0.15) is 36.9 Å². The minimum absolute atomic E-state index is 0.00917. The first-order valence-corrected chi connectivity index (χ1v) is 13.1. The molecule has 0 unspecified atom stereocenters. The lowest BCUT2D eigenvalue weighted by atomic mass is 10.2. The lowest BCUT2D eigenvalue weighted by molar-refractivity contribution is 0.150. The first kappa shape index (κ1) is 24.2. The quantitative estimate of drug-likeness (QED) is 0.489. The SMILES string of the molecule is Cc1nc(-c2nnc(C(F)F)s2)n2cc(SNC3(C)CC3)cc(N3CCN(C(=O)N(C)C)CC3)c12. The highest BCUT2D eigenvalue weighted by molar-refractivity contribution is 7.97. The molecule has 3 aromatic heterocycles. The van der Waals surface area contributed by atoms with Gasteiger partial charge < -0.3 is 14.7 Å². The van der Waals surface area contributed by atoms with Gasteiger partial charge in [-0.1, -0.05) is 11.3 Å². The Morgan fingerprint density at radius 1 is 1.23 bits per heavy atom. The molecule has 5 rings (SSSR count). The third-order valence-corrected chi connectivity index (χ3v) is 8.35. The van der Waals surface area contributed by atoms with Crippen LogP contribution >= 0.6 is 23.3 Å². The van der Waals surface area contributed by atoms with Gasteiger partial charge in [-0.3, -0.25) is 9.12 Å². The van der Waals surface area contributed by atoms with Crippen molar-refractivity contribution in [3.05, 3.63) is 23.0 Å². The third-order valence-electron chi connectivity index (χ3n) is 6.37. The monoisotopic (exact) mass is 522 g/mol. The van der Waals surface area contributed by atoms with Crippen LogP contribution in [0.3, 0.4) is 0 Å². The van der Waals surface area contributed by atoms with Crippen molar-refractivity contribution in [2.24, 2.45) is 0 Å². The van der Waals surface area contributed by atoms with Crippen molar-refractivity contribution < 1.29 is 13.6 Å². The Kier molecular flexibility index (Phi) is 6.34. The highest BCUT2D eigenvalue weighted by Crippen LogP contribution is 2.40. The van der Waals surface area contributed by atoms with Crippen LogP contribution in [0.15, 0.2) is 17.2 Å². The van der Waals surface area contributed by atoms with Crippen LogP contribution in [0.4, 0.5) is 19.3 Å². The van der Waals surface area contributed by atoms with E-state index in [1.165, 1.54) is 0 Å². The van der Waals surface area contributed by atoms with E-state index in [9.17, 15) is 13.6 Å². The fraction of sp³-hybridized carbons (Fsp3) is 0.545. The molecular formula is C22H28F2N8OS2. The smallest absolute Gasteiger partial charge is 0.319 e. The van der Waals surface area contributed by atoms with Gasteiger partial charge in [-0.15, -0.1) is 10.2 Å². The van der Waals surface area contributed by atoms with Crippen molar-refractivity contribution in [2.45, 2.75) is 43.5 Å². The van der Waals surface area contributed by atoms with Gasteiger partial charge in [0, 0.05) is 56.9 Å². The molecule has 1 aliphatic heterocycles. The van der Waals surface area contributed by atoms with Gasteiger partial charge in [0.05, 0.1) is 16.9 Å². The molecule has 0 bridgehead atoms. The van der Waals surface area contributed by atoms with Gasteiger partial charge in [-0.25, -0.2) is 18.6 Å². The summed E-state index contributed by atoms with van der Waals surface area (Å²) in [5, 5.41) is 7.71. The summed E-state index contributed by atoms with van der Waals surface area (Å²) < 4.78 is 31.8. The molecule has 1 saturated carbocycles. The number of carbonyl (C=O) groups excluding carboxylic acids is 1. The van der Waals surface area contributed by atoms with E-state index in [1.807, 2.05) is 22.4 Å². The zero-order valence-electron chi connectivity index (χ0n) is 20.1. The highest BCUT2D eigenvalue weighted by atomic mass is 32.2. The van der Waals surface area contributed by atoms with E-state index in [0.717, 1.165) is 46.0 Å². The Labute approximate surface area is 210 Å². The van der Waals surface area contributed by atoms with Crippen LogP contribution in [0, 0.1) is 6.92 Å². The summed E-state index contributed by atoms with van der Waals surface area (Å²) in [6.45, 7) is 6.71. The van der Waals surface area contributed by atoms with Crippen LogP contribution in [0.25, 0.3) is 16.3 Å². The van der Waals surface area contributed by atoms with E-state index in [-0.39, 0.29) is 16.6 Å². The molecule has 0 atom stereocenters. The van der Waals surface area contributed by atoms with Crippen molar-refractivity contribution in [2.75, 3.05) is 45.2 Å². The number of anilines is 1. The Hall–Kier alpha value is -2.51. The van der Waals surface area contributed by atoms with E-state index in [2.05, 4.69) is 32.8 Å². The van der Waals surface area contributed by atoms with Gasteiger partial charge in [0.15, 0.2) is 15.8 Å². The predicted octanol–water partition coefficient (Wildman–Crippen LogP) is 4.05. The molecule has 13 heteroatoms. The van der Waals surface area contributed by atoms with Gasteiger partial charge in [0.1, 0.15) is 0 Å². The van der Waals surface area contributed by atoms with Crippen LogP contribution in [0.2, 0.25) is 0 Å². The summed E-state index contributed by atoms with van der Waals surface area (Å²) in [5.41, 5.74) is 2.83. The van der Waals surface area contributed by atoms with Crippen LogP contribution in [0.5, 0.6) is 0 Å². The first-order chi connectivity index (χ1) is 16.6. The van der Waals surface area contributed by atoms with Gasteiger partial charge in [-0.05, 0) is 44.7 Å². The summed E-state index contributed by atoms with van der Waals surface area (Å²) in [4.78, 5) is 23.8. The number of piperazine rings is 1. The normalized spacial score (nSPS) is 17.5. The summed E-state index contributed by atoms with van der Waals surface area (Å²) in [5.74, 6) is 0.504. The maximum Gasteiger partial charge on any atom is 0.319 e. The zero-order chi connectivity index (χ0) is 24.9. The molecule has 0 radical (unpaired) electrons. The number of nitrogens with one attached hydrogen (secondary N) is 1. The summed E-state index contributed by atoms with van der Waals surface area (Å²) >= 11 is 2.43. The summed E-state index contributed by atoms with van der Waals surface area (Å²) in [7, 11) is 3.52. The minimum atomic E-state index is -2.67. The molecule has 1 saturated heterocycles. The molecule has 2 aliphatic rings. The summed E-state index contributed by atoms with van der Waals surface area (Å²) in [6, 6.07) is 2.15. The fourth-order valence-corrected chi connectivity index (χ4v) is 5.68. The standard InChI is InChI=1S/C22H28F2N8OS2/c1-13-16-15(30-7-9-31(10-8-30)21(33)29(3)4)11-14(35-28-22(2)5-6-22)12-32(16)18(25-13)20-27-26-19(34-20)17(23)24/h11-12,17,28H,5-10H2,1-4H3. The minimum Gasteiger partial charge on any atom is -0.366 e. The molecule has 35 heavy (non-hydrogen) atoms. The van der Waals surface area contributed by atoms with E-state index in [4.69, 9.17) is 4.98 Å². The second kappa shape index (κ2) is 9.17. The molecule has 0 spiro atoms. The van der Waals surface area contributed by atoms with Crippen LogP contribution in [-0.4, -0.2) is 81.2 Å². The molecule has 2 amide bonds. The highest BCUT2D eigenvalue weighted by Gasteiger charge is 2.37. The maximum absolute atomic E-state index is 13.2. The Morgan fingerprint density at radius 3 is 2.54 bits per heavy atom. The number of alkyl halides is 2. The number of rotatable bonds is 6. The Morgan fingerprint density at radius 2 is 1.94 bits per heavy atom. The average molecular weight is 523 g/mol. The second-order valence-electron chi connectivity index (χ2n) is 9.46. The summed E-state index contributed by atoms with van der Waals surface area (Å²) in [6.07, 6.45) is 1.58. The molecule has 3 aromatic rings. The molecule has 1 aliphatic carbocycles. The van der Waals surface area contributed by atoms with Crippen molar-refractivity contribution in [3.8, 4) is 10.8 Å². The molecule has 2 fully saturated rings. The fourth-order valence-electron chi connectivity index (χ4n) is 4.10. The number of hydrogen-bond acceptors (Lipinski definition) is 8. The average Bonchev–Trinajstić information content (AvgIpc) is 3.23. The molecule has 0 aromatic carbocycles. The van der Waals surface area contributed by atoms with Gasteiger partial charge >= 0.3 is 6.03 Å². The lowest BCUT2D eigenvalue weighted by Crippen LogP contribution is -2.51. The number of imidazole rings is 1. The number of nitrogens with zero attached hydrogens (tertiary/aromatic N) is 7. The van der Waals surface area contributed by atoms with E-state index < -0.39 is 6.43 Å². The molecule has 4 heterocycles. The number of halogens is 2. The van der Waals surface area contributed by atoms with Crippen molar-refractivity contribution >= 4 is 40.5 Å². The Balaban J connectivity index is 1.53. The maximum atomic E-state index is 13.2. The van der Waals surface area contributed by atoms with Gasteiger partial charge in [0.25, 0.3) is 6.43 Å². The van der Waals surface area contributed by atoms with Gasteiger partial charge in [-0.2, -0.15) is 0 Å². The first-order valence-electron chi connectivity index (χ1n) is 11.4. The number of hydrogen-bond donors (Lipinski definition) is 1. The number of aromatic nitrogens is 4. The van der Waals surface area contributed by atoms with Crippen molar-refractivity contribution in [1.29, 1.82) is 0 Å². The lowest BCUT2D eigenvalue weighted by Gasteiger charge is -2.37. The van der Waals surface area contributed by atoms with E-state index in [1.54, 1.807) is 30.9 Å². The van der Waals surface area contributed by atoms with Crippen molar-refractivity contribution in [1.82, 2.24) is 34.1 Å². The van der Waals surface area contributed by atoms with Crippen LogP contribution < -0.4 is 9.62 Å². The van der Waals surface area contributed by atoms with Crippen molar-refractivity contribution in [3.63, 3.8) is 0 Å². The predicted molar refractivity (Wildman–Crippen MR) is 133 cm³/mol. The molecule has 188 valence electrons.